The Morgan fingerprint density at radius 3 is 2.58 bits per heavy atom. The first-order valence-electron chi connectivity index (χ1n) is 4.65. The van der Waals surface area contributed by atoms with Gasteiger partial charge in [0, 0.05) is 13.2 Å². The van der Waals surface area contributed by atoms with E-state index in [4.69, 9.17) is 9.47 Å². The summed E-state index contributed by atoms with van der Waals surface area (Å²) in [7, 11) is 1.92. The summed E-state index contributed by atoms with van der Waals surface area (Å²) in [5.41, 5.74) is 0. The Balaban J connectivity index is 2.97. The molecule has 0 aliphatic carbocycles. The maximum atomic E-state index is 5.44. The van der Waals surface area contributed by atoms with E-state index < -0.39 is 0 Å². The van der Waals surface area contributed by atoms with Gasteiger partial charge in [0.1, 0.15) is 0 Å². The molecule has 0 bridgehead atoms. The van der Waals surface area contributed by atoms with Gasteiger partial charge in [0.2, 0.25) is 0 Å². The van der Waals surface area contributed by atoms with Gasteiger partial charge in [-0.05, 0) is 20.4 Å². The second kappa shape index (κ2) is 8.97. The van der Waals surface area contributed by atoms with Crippen molar-refractivity contribution in [2.45, 2.75) is 26.4 Å². The summed E-state index contributed by atoms with van der Waals surface area (Å²) in [4.78, 5) is 0. The van der Waals surface area contributed by atoms with E-state index >= 15 is 0 Å². The molecule has 0 rings (SSSR count). The SMILES string of the molecule is CCCOCCOC(C)CNC. The van der Waals surface area contributed by atoms with Crippen molar-refractivity contribution in [2.75, 3.05) is 33.4 Å². The number of ether oxygens (including phenoxy) is 2. The minimum absolute atomic E-state index is 0.278. The third kappa shape index (κ3) is 7.98. The van der Waals surface area contributed by atoms with Crippen LogP contribution in [0, 0.1) is 0 Å². The van der Waals surface area contributed by atoms with E-state index in [1.807, 2.05) is 7.05 Å². The lowest BCUT2D eigenvalue weighted by molar-refractivity contribution is 0.0136. The number of likely N-dealkylation sites (N-methyl/N-ethyl adjacent to an activating group) is 1. The van der Waals surface area contributed by atoms with Crippen LogP contribution in [0.2, 0.25) is 0 Å². The van der Waals surface area contributed by atoms with Crippen molar-refractivity contribution in [3.05, 3.63) is 0 Å². The molecule has 0 heterocycles. The van der Waals surface area contributed by atoms with E-state index in [-0.39, 0.29) is 6.10 Å². The third-order valence-corrected chi connectivity index (χ3v) is 1.47. The van der Waals surface area contributed by atoms with Crippen LogP contribution in [0.5, 0.6) is 0 Å². The van der Waals surface area contributed by atoms with Crippen molar-refractivity contribution in [3.8, 4) is 0 Å². The highest BCUT2D eigenvalue weighted by Gasteiger charge is 1.98. The Labute approximate surface area is 75.4 Å². The maximum Gasteiger partial charge on any atom is 0.0704 e. The quantitative estimate of drug-likeness (QED) is 0.559. The van der Waals surface area contributed by atoms with E-state index in [0.29, 0.717) is 13.2 Å². The Hall–Kier alpha value is -0.120. The van der Waals surface area contributed by atoms with Crippen LogP contribution in [-0.2, 0) is 9.47 Å². The van der Waals surface area contributed by atoms with Crippen molar-refractivity contribution in [1.82, 2.24) is 5.32 Å². The molecule has 0 amide bonds. The first-order valence-corrected chi connectivity index (χ1v) is 4.65. The van der Waals surface area contributed by atoms with Gasteiger partial charge in [0.25, 0.3) is 0 Å². The highest BCUT2D eigenvalue weighted by Crippen LogP contribution is 1.88. The topological polar surface area (TPSA) is 30.5 Å². The molecule has 0 aromatic rings. The molecule has 12 heavy (non-hydrogen) atoms. The zero-order valence-electron chi connectivity index (χ0n) is 8.43. The molecule has 0 aromatic carbocycles. The standard InChI is InChI=1S/C9H21NO2/c1-4-5-11-6-7-12-9(2)8-10-3/h9-10H,4-8H2,1-3H3. The van der Waals surface area contributed by atoms with Crippen LogP contribution in [0.15, 0.2) is 0 Å². The van der Waals surface area contributed by atoms with Gasteiger partial charge in [-0.2, -0.15) is 0 Å². The van der Waals surface area contributed by atoms with Crippen LogP contribution in [0.4, 0.5) is 0 Å². The van der Waals surface area contributed by atoms with Crippen LogP contribution in [0.25, 0.3) is 0 Å². The fourth-order valence-corrected chi connectivity index (χ4v) is 0.901. The molecule has 0 saturated carbocycles. The molecule has 0 aliphatic rings. The number of hydrogen-bond acceptors (Lipinski definition) is 3. The summed E-state index contributed by atoms with van der Waals surface area (Å²) in [5.74, 6) is 0. The van der Waals surface area contributed by atoms with E-state index in [1.54, 1.807) is 0 Å². The molecule has 0 fully saturated rings. The lowest BCUT2D eigenvalue weighted by Crippen LogP contribution is -2.25. The van der Waals surface area contributed by atoms with Gasteiger partial charge in [-0.1, -0.05) is 6.92 Å². The van der Waals surface area contributed by atoms with E-state index in [0.717, 1.165) is 19.6 Å². The van der Waals surface area contributed by atoms with Crippen LogP contribution in [0.3, 0.4) is 0 Å². The van der Waals surface area contributed by atoms with Gasteiger partial charge in [0.15, 0.2) is 0 Å². The lowest BCUT2D eigenvalue weighted by Gasteiger charge is -2.11. The average molecular weight is 175 g/mol. The predicted molar refractivity (Wildman–Crippen MR) is 50.5 cm³/mol. The van der Waals surface area contributed by atoms with Gasteiger partial charge < -0.3 is 14.8 Å². The highest BCUT2D eigenvalue weighted by molar-refractivity contribution is 4.50. The minimum Gasteiger partial charge on any atom is -0.379 e. The van der Waals surface area contributed by atoms with Gasteiger partial charge in [-0.3, -0.25) is 0 Å². The molecule has 3 heteroatoms. The Morgan fingerprint density at radius 2 is 2.00 bits per heavy atom. The summed E-state index contributed by atoms with van der Waals surface area (Å²) >= 11 is 0. The van der Waals surface area contributed by atoms with E-state index in [9.17, 15) is 0 Å². The van der Waals surface area contributed by atoms with E-state index in [1.165, 1.54) is 0 Å². The fourth-order valence-electron chi connectivity index (χ4n) is 0.901. The molecule has 0 radical (unpaired) electrons. The van der Waals surface area contributed by atoms with Crippen molar-refractivity contribution in [1.29, 1.82) is 0 Å². The Bertz CT molecular complexity index is 88.6. The third-order valence-electron chi connectivity index (χ3n) is 1.47. The molecule has 0 aliphatic heterocycles. The highest BCUT2D eigenvalue weighted by atomic mass is 16.5. The summed E-state index contributed by atoms with van der Waals surface area (Å²) in [6, 6.07) is 0. The molecule has 0 saturated heterocycles. The van der Waals surface area contributed by atoms with Crippen LogP contribution in [0.1, 0.15) is 20.3 Å². The summed E-state index contributed by atoms with van der Waals surface area (Å²) in [5, 5.41) is 3.05. The summed E-state index contributed by atoms with van der Waals surface area (Å²) < 4.78 is 10.7. The largest absolute Gasteiger partial charge is 0.379 e. The van der Waals surface area contributed by atoms with Gasteiger partial charge >= 0.3 is 0 Å². The van der Waals surface area contributed by atoms with E-state index in [2.05, 4.69) is 19.2 Å². The Morgan fingerprint density at radius 1 is 1.25 bits per heavy atom. The molecule has 3 nitrogen and oxygen atoms in total. The number of rotatable bonds is 8. The molecular formula is C9H21NO2. The average Bonchev–Trinajstić information content (AvgIpc) is 2.05. The van der Waals surface area contributed by atoms with Gasteiger partial charge in [-0.25, -0.2) is 0 Å². The maximum absolute atomic E-state index is 5.44. The zero-order chi connectivity index (χ0) is 9.23. The molecule has 74 valence electrons. The first kappa shape index (κ1) is 11.9. The van der Waals surface area contributed by atoms with Crippen molar-refractivity contribution < 1.29 is 9.47 Å². The lowest BCUT2D eigenvalue weighted by atomic mass is 10.4. The molecule has 0 spiro atoms. The minimum atomic E-state index is 0.278. The van der Waals surface area contributed by atoms with Crippen LogP contribution < -0.4 is 5.32 Å². The molecule has 0 aromatic heterocycles. The second-order valence-corrected chi connectivity index (χ2v) is 2.85. The monoisotopic (exact) mass is 175 g/mol. The summed E-state index contributed by atoms with van der Waals surface area (Å²) in [6.45, 7) is 7.29. The molecular weight excluding hydrogens is 154 g/mol. The summed E-state index contributed by atoms with van der Waals surface area (Å²) in [6.07, 6.45) is 1.35. The van der Waals surface area contributed by atoms with Crippen molar-refractivity contribution >= 4 is 0 Å². The van der Waals surface area contributed by atoms with Crippen LogP contribution >= 0.6 is 0 Å². The van der Waals surface area contributed by atoms with Gasteiger partial charge in [-0.15, -0.1) is 0 Å². The predicted octanol–water partition coefficient (Wildman–Crippen LogP) is 1.04. The Kier molecular flexibility index (Phi) is 8.88. The van der Waals surface area contributed by atoms with Crippen molar-refractivity contribution in [3.63, 3.8) is 0 Å². The number of nitrogens with one attached hydrogen (secondary N) is 1. The smallest absolute Gasteiger partial charge is 0.0704 e. The number of hydrogen-bond donors (Lipinski definition) is 1. The fraction of sp³-hybridized carbons (Fsp3) is 1.00. The second-order valence-electron chi connectivity index (χ2n) is 2.85. The first-order chi connectivity index (χ1) is 5.81. The molecule has 1 unspecified atom stereocenters. The van der Waals surface area contributed by atoms with Crippen LogP contribution in [-0.4, -0.2) is 39.5 Å². The zero-order valence-corrected chi connectivity index (χ0v) is 8.43. The van der Waals surface area contributed by atoms with Gasteiger partial charge in [0.05, 0.1) is 19.3 Å². The van der Waals surface area contributed by atoms with Crippen molar-refractivity contribution in [2.24, 2.45) is 0 Å². The molecule has 1 atom stereocenters. The normalized spacial score (nSPS) is 13.2. The molecule has 1 N–H and O–H groups in total.